The van der Waals surface area contributed by atoms with Crippen molar-refractivity contribution in [2.75, 3.05) is 12.4 Å². The van der Waals surface area contributed by atoms with Crippen molar-refractivity contribution in [3.63, 3.8) is 0 Å². The molecule has 0 saturated heterocycles. The van der Waals surface area contributed by atoms with Crippen LogP contribution in [0.4, 0.5) is 5.95 Å². The van der Waals surface area contributed by atoms with E-state index in [9.17, 15) is 15.0 Å². The van der Waals surface area contributed by atoms with E-state index < -0.39 is 12.0 Å². The van der Waals surface area contributed by atoms with E-state index in [1.807, 2.05) is 6.92 Å². The molecule has 0 saturated carbocycles. The van der Waals surface area contributed by atoms with E-state index >= 15 is 0 Å². The Kier molecular flexibility index (Phi) is 3.65. The standard InChI is InChI=1S/C15H16N4O4/c1-3-12-17-15-16-9(14(21)22)7-10(19(15)18-12)8-5-4-6-11(23-2)13(8)20/h4-7,10,20H,3H2,1-2H3,(H,21,22)(H,16,17,18)/t10-/m1/s1. The Balaban J connectivity index is 2.17. The van der Waals surface area contributed by atoms with Crippen molar-refractivity contribution in [1.29, 1.82) is 0 Å². The zero-order valence-corrected chi connectivity index (χ0v) is 12.6. The van der Waals surface area contributed by atoms with Gasteiger partial charge in [-0.15, -0.1) is 0 Å². The first-order valence-electron chi connectivity index (χ1n) is 7.08. The molecular formula is C15H16N4O4. The molecule has 0 spiro atoms. The van der Waals surface area contributed by atoms with E-state index in [0.29, 0.717) is 29.5 Å². The van der Waals surface area contributed by atoms with E-state index in [0.717, 1.165) is 0 Å². The maximum absolute atomic E-state index is 11.3. The number of methoxy groups -OCH3 is 1. The normalized spacial score (nSPS) is 16.3. The SMILES string of the molecule is CCc1nc2n(n1)[C@@H](c1cccc(OC)c1O)C=C(C(=O)O)N2. The van der Waals surface area contributed by atoms with E-state index in [-0.39, 0.29) is 11.4 Å². The summed E-state index contributed by atoms with van der Waals surface area (Å²) < 4.78 is 6.67. The van der Waals surface area contributed by atoms with Crippen molar-refractivity contribution >= 4 is 11.9 Å². The molecule has 1 aliphatic heterocycles. The highest BCUT2D eigenvalue weighted by Crippen LogP contribution is 2.38. The highest BCUT2D eigenvalue weighted by molar-refractivity contribution is 5.90. The summed E-state index contributed by atoms with van der Waals surface area (Å²) in [5.41, 5.74) is 0.471. The van der Waals surface area contributed by atoms with Gasteiger partial charge in [0.15, 0.2) is 17.3 Å². The molecule has 2 heterocycles. The molecule has 0 radical (unpaired) electrons. The number of aromatic nitrogens is 3. The van der Waals surface area contributed by atoms with Crippen LogP contribution in [0.15, 0.2) is 30.0 Å². The maximum Gasteiger partial charge on any atom is 0.352 e. The van der Waals surface area contributed by atoms with Crippen LogP contribution in [0.2, 0.25) is 0 Å². The van der Waals surface area contributed by atoms with Crippen molar-refractivity contribution in [3.05, 3.63) is 41.4 Å². The number of hydrogen-bond donors (Lipinski definition) is 3. The second-order valence-corrected chi connectivity index (χ2v) is 5.00. The zero-order chi connectivity index (χ0) is 16.6. The molecular weight excluding hydrogens is 300 g/mol. The molecule has 1 aliphatic rings. The lowest BCUT2D eigenvalue weighted by Gasteiger charge is -2.23. The van der Waals surface area contributed by atoms with Gasteiger partial charge in [0.05, 0.1) is 7.11 Å². The lowest BCUT2D eigenvalue weighted by Crippen LogP contribution is -2.24. The molecule has 0 aliphatic carbocycles. The molecule has 0 bridgehead atoms. The number of phenols is 1. The van der Waals surface area contributed by atoms with Gasteiger partial charge < -0.3 is 20.3 Å². The van der Waals surface area contributed by atoms with E-state index in [1.54, 1.807) is 22.9 Å². The van der Waals surface area contributed by atoms with Gasteiger partial charge in [-0.2, -0.15) is 10.1 Å². The van der Waals surface area contributed by atoms with Crippen LogP contribution in [-0.2, 0) is 11.2 Å². The minimum Gasteiger partial charge on any atom is -0.504 e. The molecule has 8 heteroatoms. The summed E-state index contributed by atoms with van der Waals surface area (Å²) in [6, 6.07) is 4.45. The Morgan fingerprint density at radius 3 is 2.91 bits per heavy atom. The number of aliphatic carboxylic acids is 1. The van der Waals surface area contributed by atoms with Gasteiger partial charge in [0.1, 0.15) is 11.7 Å². The Bertz CT molecular complexity index is 797. The number of hydrogen-bond acceptors (Lipinski definition) is 6. The fraction of sp³-hybridized carbons (Fsp3) is 0.267. The Morgan fingerprint density at radius 2 is 2.26 bits per heavy atom. The van der Waals surface area contributed by atoms with Gasteiger partial charge >= 0.3 is 5.97 Å². The highest BCUT2D eigenvalue weighted by Gasteiger charge is 2.29. The number of ether oxygens (including phenoxy) is 1. The monoisotopic (exact) mass is 316 g/mol. The van der Waals surface area contributed by atoms with Crippen LogP contribution in [0.3, 0.4) is 0 Å². The first kappa shape index (κ1) is 14.9. The number of benzene rings is 1. The number of anilines is 1. The molecule has 1 aromatic heterocycles. The lowest BCUT2D eigenvalue weighted by atomic mass is 10.0. The first-order chi connectivity index (χ1) is 11.0. The molecule has 1 atom stereocenters. The maximum atomic E-state index is 11.3. The molecule has 120 valence electrons. The van der Waals surface area contributed by atoms with E-state index in [1.165, 1.54) is 13.2 Å². The number of nitrogens with one attached hydrogen (secondary N) is 1. The van der Waals surface area contributed by atoms with E-state index in [4.69, 9.17) is 4.74 Å². The smallest absolute Gasteiger partial charge is 0.352 e. The number of carbonyl (C=O) groups is 1. The number of aromatic hydroxyl groups is 1. The Labute approximate surface area is 132 Å². The third-order valence-electron chi connectivity index (χ3n) is 3.63. The van der Waals surface area contributed by atoms with Crippen LogP contribution in [0.25, 0.3) is 0 Å². The van der Waals surface area contributed by atoms with Crippen LogP contribution >= 0.6 is 0 Å². The molecule has 3 rings (SSSR count). The summed E-state index contributed by atoms with van der Waals surface area (Å²) in [6.45, 7) is 1.91. The molecule has 8 nitrogen and oxygen atoms in total. The average molecular weight is 316 g/mol. The van der Waals surface area contributed by atoms with Gasteiger partial charge in [-0.3, -0.25) is 0 Å². The molecule has 23 heavy (non-hydrogen) atoms. The van der Waals surface area contributed by atoms with Crippen molar-refractivity contribution < 1.29 is 19.7 Å². The number of carboxylic acids is 1. The molecule has 2 aromatic rings. The van der Waals surface area contributed by atoms with Crippen LogP contribution in [0.5, 0.6) is 11.5 Å². The zero-order valence-electron chi connectivity index (χ0n) is 12.6. The number of para-hydroxylation sites is 1. The summed E-state index contributed by atoms with van der Waals surface area (Å²) in [5.74, 6) is 0.0599. The fourth-order valence-corrected chi connectivity index (χ4v) is 2.48. The molecule has 0 amide bonds. The number of aryl methyl sites for hydroxylation is 1. The van der Waals surface area contributed by atoms with Crippen molar-refractivity contribution in [2.24, 2.45) is 0 Å². The largest absolute Gasteiger partial charge is 0.504 e. The van der Waals surface area contributed by atoms with Gasteiger partial charge in [0.2, 0.25) is 5.95 Å². The van der Waals surface area contributed by atoms with Crippen molar-refractivity contribution in [1.82, 2.24) is 14.8 Å². The van der Waals surface area contributed by atoms with Crippen molar-refractivity contribution in [2.45, 2.75) is 19.4 Å². The van der Waals surface area contributed by atoms with Gasteiger partial charge in [0.25, 0.3) is 0 Å². The van der Waals surface area contributed by atoms with Crippen LogP contribution in [0.1, 0.15) is 24.4 Å². The van der Waals surface area contributed by atoms with Crippen LogP contribution < -0.4 is 10.1 Å². The minimum absolute atomic E-state index is 0.0141. The highest BCUT2D eigenvalue weighted by atomic mass is 16.5. The summed E-state index contributed by atoms with van der Waals surface area (Å²) in [6.07, 6.45) is 2.10. The molecule has 1 aromatic carbocycles. The predicted octanol–water partition coefficient (Wildman–Crippen LogP) is 1.54. The number of nitrogens with zero attached hydrogens (tertiary/aromatic N) is 3. The van der Waals surface area contributed by atoms with Crippen LogP contribution in [-0.4, -0.2) is 38.1 Å². The number of carboxylic acid groups (broad SMARTS) is 1. The molecule has 3 N–H and O–H groups in total. The number of allylic oxidation sites excluding steroid dienone is 1. The third kappa shape index (κ3) is 2.48. The summed E-state index contributed by atoms with van der Waals surface area (Å²) in [7, 11) is 1.45. The number of phenolic OH excluding ortho intramolecular Hbond substituents is 1. The average Bonchev–Trinajstić information content (AvgIpc) is 2.97. The van der Waals surface area contributed by atoms with Gasteiger partial charge in [-0.25, -0.2) is 9.48 Å². The summed E-state index contributed by atoms with van der Waals surface area (Å²) in [4.78, 5) is 15.6. The Hall–Kier alpha value is -3.03. The van der Waals surface area contributed by atoms with E-state index in [2.05, 4.69) is 15.4 Å². The Morgan fingerprint density at radius 1 is 1.48 bits per heavy atom. The summed E-state index contributed by atoms with van der Waals surface area (Å²) in [5, 5.41) is 26.8. The van der Waals surface area contributed by atoms with Gasteiger partial charge in [-0.1, -0.05) is 19.1 Å². The van der Waals surface area contributed by atoms with Crippen molar-refractivity contribution in [3.8, 4) is 11.5 Å². The first-order valence-corrected chi connectivity index (χ1v) is 7.08. The summed E-state index contributed by atoms with van der Waals surface area (Å²) >= 11 is 0. The third-order valence-corrected chi connectivity index (χ3v) is 3.63. The minimum atomic E-state index is -1.11. The second-order valence-electron chi connectivity index (χ2n) is 5.00. The van der Waals surface area contributed by atoms with Crippen LogP contribution in [0, 0.1) is 0 Å². The molecule has 0 fully saturated rings. The number of fused-ring (bicyclic) bond motifs is 1. The second kappa shape index (κ2) is 5.64. The quantitative estimate of drug-likeness (QED) is 0.784. The predicted molar refractivity (Wildman–Crippen MR) is 81.5 cm³/mol. The van der Waals surface area contributed by atoms with Gasteiger partial charge in [-0.05, 0) is 12.1 Å². The number of rotatable bonds is 4. The fourth-order valence-electron chi connectivity index (χ4n) is 2.48. The lowest BCUT2D eigenvalue weighted by molar-refractivity contribution is -0.132. The topological polar surface area (TPSA) is 110 Å². The molecule has 0 unspecified atom stereocenters. The van der Waals surface area contributed by atoms with Gasteiger partial charge in [0, 0.05) is 12.0 Å².